The lowest BCUT2D eigenvalue weighted by Gasteiger charge is -2.38. The van der Waals surface area contributed by atoms with Crippen molar-refractivity contribution in [1.82, 2.24) is 4.98 Å². The van der Waals surface area contributed by atoms with Crippen LogP contribution in [-0.2, 0) is 10.2 Å². The van der Waals surface area contributed by atoms with Crippen LogP contribution in [0.2, 0.25) is 0 Å². The number of hydrogen-bond acceptors (Lipinski definition) is 5. The normalized spacial score (nSPS) is 23.4. The van der Waals surface area contributed by atoms with Gasteiger partial charge in [-0.3, -0.25) is 0 Å². The van der Waals surface area contributed by atoms with Gasteiger partial charge in [0.15, 0.2) is 5.13 Å². The fraction of sp³-hybridized carbons (Fsp3) is 0.733. The van der Waals surface area contributed by atoms with E-state index in [1.165, 1.54) is 11.3 Å². The molecule has 118 valence electrons. The summed E-state index contributed by atoms with van der Waals surface area (Å²) >= 11 is 1.28. The van der Waals surface area contributed by atoms with Crippen molar-refractivity contribution in [3.63, 3.8) is 0 Å². The first-order valence-corrected chi connectivity index (χ1v) is 8.18. The Hall–Kier alpha value is -1.14. The molecular formula is C15H24N2O3S. The molecule has 21 heavy (non-hydrogen) atoms. The highest BCUT2D eigenvalue weighted by molar-refractivity contribution is 7.17. The van der Waals surface area contributed by atoms with Crippen LogP contribution in [0.4, 0.5) is 5.13 Å². The molecule has 0 bridgehead atoms. The summed E-state index contributed by atoms with van der Waals surface area (Å²) in [7, 11) is 0. The summed E-state index contributed by atoms with van der Waals surface area (Å²) in [4.78, 5) is 18.7. The van der Waals surface area contributed by atoms with Crippen molar-refractivity contribution in [3.05, 3.63) is 10.6 Å². The van der Waals surface area contributed by atoms with Crippen molar-refractivity contribution in [2.24, 2.45) is 0 Å². The third-order valence-electron chi connectivity index (χ3n) is 3.71. The lowest BCUT2D eigenvalue weighted by atomic mass is 9.91. The minimum atomic E-state index is -0.891. The molecule has 2 rings (SSSR count). The van der Waals surface area contributed by atoms with Crippen LogP contribution in [0.3, 0.4) is 0 Å². The quantitative estimate of drug-likeness (QED) is 0.929. The van der Waals surface area contributed by atoms with Crippen LogP contribution in [0.25, 0.3) is 0 Å². The molecule has 1 fully saturated rings. The number of aromatic nitrogens is 1. The van der Waals surface area contributed by atoms with Crippen molar-refractivity contribution in [1.29, 1.82) is 0 Å². The van der Waals surface area contributed by atoms with Gasteiger partial charge < -0.3 is 14.7 Å². The van der Waals surface area contributed by atoms with E-state index in [1.807, 2.05) is 27.7 Å². The molecule has 0 saturated carbocycles. The molecule has 0 aromatic carbocycles. The smallest absolute Gasteiger partial charge is 0.347 e. The Morgan fingerprint density at radius 1 is 1.52 bits per heavy atom. The predicted octanol–water partition coefficient (Wildman–Crippen LogP) is 3.14. The van der Waals surface area contributed by atoms with Crippen LogP contribution in [0.1, 0.15) is 56.4 Å². The van der Waals surface area contributed by atoms with Crippen LogP contribution >= 0.6 is 11.3 Å². The second-order valence-corrected chi connectivity index (χ2v) is 7.57. The van der Waals surface area contributed by atoms with E-state index in [-0.39, 0.29) is 17.6 Å². The van der Waals surface area contributed by atoms with E-state index >= 15 is 0 Å². The van der Waals surface area contributed by atoms with Crippen LogP contribution in [0.15, 0.2) is 0 Å². The van der Waals surface area contributed by atoms with E-state index in [1.54, 1.807) is 0 Å². The number of hydrogen-bond donors (Lipinski definition) is 1. The average Bonchev–Trinajstić information content (AvgIpc) is 2.83. The maximum Gasteiger partial charge on any atom is 0.347 e. The van der Waals surface area contributed by atoms with Gasteiger partial charge in [0.1, 0.15) is 4.88 Å². The maximum absolute atomic E-state index is 11.5. The molecule has 2 heterocycles. The molecule has 2 atom stereocenters. The number of anilines is 1. The largest absolute Gasteiger partial charge is 0.477 e. The number of carboxylic acids is 1. The lowest BCUT2D eigenvalue weighted by Crippen LogP contribution is -2.48. The Bertz CT molecular complexity index is 521. The number of carbonyl (C=O) groups is 1. The first-order chi connectivity index (χ1) is 9.74. The minimum Gasteiger partial charge on any atom is -0.477 e. The van der Waals surface area contributed by atoms with Gasteiger partial charge in [0.25, 0.3) is 0 Å². The number of carboxylic acid groups (broad SMARTS) is 1. The Labute approximate surface area is 129 Å². The van der Waals surface area contributed by atoms with E-state index in [0.717, 1.165) is 18.1 Å². The molecule has 5 nitrogen and oxygen atoms in total. The van der Waals surface area contributed by atoms with Gasteiger partial charge in [-0.05, 0) is 13.3 Å². The van der Waals surface area contributed by atoms with Gasteiger partial charge in [-0.25, -0.2) is 9.78 Å². The molecular weight excluding hydrogens is 288 g/mol. The SMILES string of the molecule is CCC1COC(C)CN1c1nc(C(C)(C)C)c(C(=O)O)s1. The van der Waals surface area contributed by atoms with Gasteiger partial charge in [-0.15, -0.1) is 0 Å². The monoisotopic (exact) mass is 312 g/mol. The Balaban J connectivity index is 2.41. The summed E-state index contributed by atoms with van der Waals surface area (Å²) in [6.07, 6.45) is 1.10. The Morgan fingerprint density at radius 2 is 2.19 bits per heavy atom. The number of ether oxygens (including phenoxy) is 1. The molecule has 1 aromatic rings. The van der Waals surface area contributed by atoms with Crippen LogP contribution in [0.5, 0.6) is 0 Å². The standard InChI is InChI=1S/C15H24N2O3S/c1-6-10-8-20-9(2)7-17(10)14-16-12(15(3,4)5)11(21-14)13(18)19/h9-10H,6-8H2,1-5H3,(H,18,19). The molecule has 1 aliphatic rings. The zero-order chi connectivity index (χ0) is 15.8. The van der Waals surface area contributed by atoms with Crippen LogP contribution < -0.4 is 4.90 Å². The summed E-state index contributed by atoms with van der Waals surface area (Å²) in [5, 5.41) is 10.2. The molecule has 6 heteroatoms. The Morgan fingerprint density at radius 3 is 2.67 bits per heavy atom. The second-order valence-electron chi connectivity index (χ2n) is 6.59. The molecule has 1 N–H and O–H groups in total. The Kier molecular flexibility index (Phi) is 4.58. The summed E-state index contributed by atoms with van der Waals surface area (Å²) in [5.74, 6) is -0.891. The number of aromatic carboxylic acids is 1. The topological polar surface area (TPSA) is 62.7 Å². The van der Waals surface area contributed by atoms with Crippen LogP contribution in [-0.4, -0.2) is 41.4 Å². The lowest BCUT2D eigenvalue weighted by molar-refractivity contribution is 0.0299. The van der Waals surface area contributed by atoms with Crippen molar-refractivity contribution in [3.8, 4) is 0 Å². The van der Waals surface area contributed by atoms with Gasteiger partial charge in [-0.2, -0.15) is 0 Å². The van der Waals surface area contributed by atoms with E-state index < -0.39 is 5.97 Å². The molecule has 2 unspecified atom stereocenters. The second kappa shape index (κ2) is 5.93. The highest BCUT2D eigenvalue weighted by Gasteiger charge is 2.32. The van der Waals surface area contributed by atoms with Crippen molar-refractivity contribution < 1.29 is 14.6 Å². The number of thiazole rings is 1. The highest BCUT2D eigenvalue weighted by atomic mass is 32.1. The molecule has 0 aliphatic carbocycles. The molecule has 0 radical (unpaired) electrons. The third-order valence-corrected chi connectivity index (χ3v) is 4.79. The summed E-state index contributed by atoms with van der Waals surface area (Å²) in [5.41, 5.74) is 0.395. The molecule has 1 aromatic heterocycles. The fourth-order valence-electron chi connectivity index (χ4n) is 2.50. The van der Waals surface area contributed by atoms with Gasteiger partial charge in [0.05, 0.1) is 24.4 Å². The fourth-order valence-corrected chi connectivity index (χ4v) is 3.70. The van der Waals surface area contributed by atoms with E-state index in [4.69, 9.17) is 4.74 Å². The summed E-state index contributed by atoms with van der Waals surface area (Å²) in [6.45, 7) is 11.6. The van der Waals surface area contributed by atoms with Crippen molar-refractivity contribution >= 4 is 22.4 Å². The van der Waals surface area contributed by atoms with Gasteiger partial charge in [-0.1, -0.05) is 39.0 Å². The first-order valence-electron chi connectivity index (χ1n) is 7.36. The average molecular weight is 312 g/mol. The highest BCUT2D eigenvalue weighted by Crippen LogP contribution is 2.35. The number of morpholine rings is 1. The van der Waals surface area contributed by atoms with Gasteiger partial charge >= 0.3 is 5.97 Å². The van der Waals surface area contributed by atoms with Crippen molar-refractivity contribution in [2.75, 3.05) is 18.1 Å². The predicted molar refractivity (Wildman–Crippen MR) is 84.6 cm³/mol. The number of rotatable bonds is 3. The zero-order valence-electron chi connectivity index (χ0n) is 13.3. The minimum absolute atomic E-state index is 0.142. The molecule has 0 spiro atoms. The van der Waals surface area contributed by atoms with Crippen LogP contribution in [0, 0.1) is 0 Å². The number of nitrogens with zero attached hydrogens (tertiary/aromatic N) is 2. The molecule has 0 amide bonds. The zero-order valence-corrected chi connectivity index (χ0v) is 14.2. The first kappa shape index (κ1) is 16.2. The van der Waals surface area contributed by atoms with Crippen molar-refractivity contribution in [2.45, 2.75) is 58.6 Å². The summed E-state index contributed by atoms with van der Waals surface area (Å²) in [6, 6.07) is 0.266. The van der Waals surface area contributed by atoms with Gasteiger partial charge in [0, 0.05) is 12.0 Å². The van der Waals surface area contributed by atoms with E-state index in [0.29, 0.717) is 17.2 Å². The third kappa shape index (κ3) is 3.37. The van der Waals surface area contributed by atoms with E-state index in [2.05, 4.69) is 16.8 Å². The van der Waals surface area contributed by atoms with E-state index in [9.17, 15) is 9.90 Å². The maximum atomic E-state index is 11.5. The molecule has 1 saturated heterocycles. The summed E-state index contributed by atoms with van der Waals surface area (Å²) < 4.78 is 5.70. The van der Waals surface area contributed by atoms with Gasteiger partial charge in [0.2, 0.25) is 0 Å². The molecule has 1 aliphatic heterocycles.